The fourth-order valence-corrected chi connectivity index (χ4v) is 6.08. The molecule has 1 heterocycles. The summed E-state index contributed by atoms with van der Waals surface area (Å²) in [5, 5.41) is 3.32. The van der Waals surface area contributed by atoms with Crippen molar-refractivity contribution in [2.24, 2.45) is 0 Å². The van der Waals surface area contributed by atoms with Crippen LogP contribution in [0.15, 0.2) is 83.8 Å². The molecule has 10 heteroatoms. The molecule has 0 aromatic heterocycles. The van der Waals surface area contributed by atoms with Crippen LogP contribution in [0, 0.1) is 0 Å². The fraction of sp³-hybridized carbons (Fsp3) is 0.250. The average molecular weight is 554 g/mol. The van der Waals surface area contributed by atoms with Gasteiger partial charge in [-0.25, -0.2) is 12.7 Å². The van der Waals surface area contributed by atoms with E-state index in [9.17, 15) is 22.8 Å². The largest absolute Gasteiger partial charge is 0.354 e. The van der Waals surface area contributed by atoms with Gasteiger partial charge in [-0.2, -0.15) is 0 Å². The van der Waals surface area contributed by atoms with Crippen molar-refractivity contribution in [3.05, 3.63) is 101 Å². The Morgan fingerprint density at radius 2 is 1.66 bits per heavy atom. The molecule has 8 nitrogen and oxygen atoms in total. The lowest BCUT2D eigenvalue weighted by Gasteiger charge is -2.32. The number of carbonyl (C=O) groups is 3. The van der Waals surface area contributed by atoms with E-state index in [0.29, 0.717) is 27.9 Å². The maximum atomic E-state index is 13.8. The Kier molecular flexibility index (Phi) is 8.48. The van der Waals surface area contributed by atoms with Gasteiger partial charge in [0.15, 0.2) is 0 Å². The quantitative estimate of drug-likeness (QED) is 0.413. The number of sulfonamides is 1. The molecular formula is C28H28ClN3O5S. The molecule has 1 unspecified atom stereocenters. The van der Waals surface area contributed by atoms with E-state index in [2.05, 4.69) is 5.32 Å². The predicted octanol–water partition coefficient (Wildman–Crippen LogP) is 3.65. The number of rotatable bonds is 10. The number of nitrogens with one attached hydrogen (secondary N) is 1. The minimum Gasteiger partial charge on any atom is -0.354 e. The number of carbonyl (C=O) groups excluding carboxylic acids is 3. The standard InChI is InChI=1S/C28H28ClN3O5S/c1-2-15-30-27(34)24(17-20-9-4-3-5-10-20)31(18-21-11-8-12-22(29)16-21)26(33)19-32-28(35)23-13-6-7-14-25(23)38(32,36)37/h3-14,16,24H,2,15,17-19H2,1H3,(H,30,34). The van der Waals surface area contributed by atoms with Gasteiger partial charge in [-0.1, -0.05) is 73.1 Å². The minimum atomic E-state index is -4.21. The smallest absolute Gasteiger partial charge is 0.269 e. The van der Waals surface area contributed by atoms with Crippen molar-refractivity contribution < 1.29 is 22.8 Å². The van der Waals surface area contributed by atoms with Gasteiger partial charge in [0.05, 0.1) is 5.56 Å². The third-order valence-electron chi connectivity index (χ3n) is 6.25. The zero-order valence-corrected chi connectivity index (χ0v) is 22.4. The molecular weight excluding hydrogens is 526 g/mol. The van der Waals surface area contributed by atoms with Crippen LogP contribution in [0.3, 0.4) is 0 Å². The summed E-state index contributed by atoms with van der Waals surface area (Å²) in [4.78, 5) is 41.4. The van der Waals surface area contributed by atoms with Crippen molar-refractivity contribution in [2.45, 2.75) is 37.2 Å². The Hall–Kier alpha value is -3.69. The van der Waals surface area contributed by atoms with E-state index in [1.807, 2.05) is 37.3 Å². The van der Waals surface area contributed by atoms with Gasteiger partial charge in [-0.15, -0.1) is 0 Å². The van der Waals surface area contributed by atoms with Gasteiger partial charge in [0, 0.05) is 24.5 Å². The van der Waals surface area contributed by atoms with E-state index >= 15 is 0 Å². The molecule has 0 aliphatic carbocycles. The molecule has 0 radical (unpaired) electrons. The molecule has 0 spiro atoms. The predicted molar refractivity (Wildman–Crippen MR) is 144 cm³/mol. The summed E-state index contributed by atoms with van der Waals surface area (Å²) >= 11 is 6.18. The van der Waals surface area contributed by atoms with Crippen LogP contribution in [0.2, 0.25) is 5.02 Å². The summed E-state index contributed by atoms with van der Waals surface area (Å²) in [6.07, 6.45) is 0.897. The lowest BCUT2D eigenvalue weighted by Crippen LogP contribution is -2.53. The van der Waals surface area contributed by atoms with Crippen LogP contribution in [-0.4, -0.2) is 54.5 Å². The molecule has 0 saturated heterocycles. The zero-order valence-electron chi connectivity index (χ0n) is 20.8. The van der Waals surface area contributed by atoms with E-state index in [1.54, 1.807) is 30.3 Å². The highest BCUT2D eigenvalue weighted by molar-refractivity contribution is 7.90. The molecule has 3 amide bonds. The van der Waals surface area contributed by atoms with Crippen LogP contribution in [0.5, 0.6) is 0 Å². The molecule has 0 saturated carbocycles. The number of halogens is 1. The van der Waals surface area contributed by atoms with Crippen LogP contribution < -0.4 is 5.32 Å². The lowest BCUT2D eigenvalue weighted by atomic mass is 10.0. The molecule has 1 aliphatic rings. The third kappa shape index (κ3) is 5.89. The van der Waals surface area contributed by atoms with Gasteiger partial charge < -0.3 is 10.2 Å². The Morgan fingerprint density at radius 1 is 0.974 bits per heavy atom. The number of fused-ring (bicyclic) bond motifs is 1. The first-order valence-electron chi connectivity index (χ1n) is 12.2. The van der Waals surface area contributed by atoms with Gasteiger partial charge in [0.25, 0.3) is 15.9 Å². The highest BCUT2D eigenvalue weighted by Gasteiger charge is 2.43. The number of benzene rings is 3. The molecule has 4 rings (SSSR count). The summed E-state index contributed by atoms with van der Waals surface area (Å²) in [7, 11) is -4.21. The molecule has 198 valence electrons. The van der Waals surface area contributed by atoms with Crippen LogP contribution in [-0.2, 0) is 32.6 Å². The fourth-order valence-electron chi connectivity index (χ4n) is 4.35. The van der Waals surface area contributed by atoms with Gasteiger partial charge in [-0.05, 0) is 41.8 Å². The first kappa shape index (κ1) is 27.3. The Bertz CT molecular complexity index is 1450. The van der Waals surface area contributed by atoms with Crippen molar-refractivity contribution in [1.82, 2.24) is 14.5 Å². The van der Waals surface area contributed by atoms with Gasteiger partial charge >= 0.3 is 0 Å². The highest BCUT2D eigenvalue weighted by atomic mass is 35.5. The van der Waals surface area contributed by atoms with Gasteiger partial charge in [-0.3, -0.25) is 14.4 Å². The van der Waals surface area contributed by atoms with Crippen LogP contribution in [0.25, 0.3) is 0 Å². The molecule has 0 fully saturated rings. The minimum absolute atomic E-state index is 0.00847. The first-order chi connectivity index (χ1) is 18.2. The normalized spacial score (nSPS) is 14.6. The van der Waals surface area contributed by atoms with Gasteiger partial charge in [0.1, 0.15) is 17.5 Å². The molecule has 1 aliphatic heterocycles. The number of hydrogen-bond acceptors (Lipinski definition) is 5. The van der Waals surface area contributed by atoms with E-state index in [-0.39, 0.29) is 29.3 Å². The van der Waals surface area contributed by atoms with Crippen molar-refractivity contribution in [3.8, 4) is 0 Å². The molecule has 3 aromatic rings. The van der Waals surface area contributed by atoms with Crippen molar-refractivity contribution >= 4 is 39.3 Å². The van der Waals surface area contributed by atoms with E-state index in [1.165, 1.54) is 23.1 Å². The molecule has 3 aromatic carbocycles. The second-order valence-electron chi connectivity index (χ2n) is 8.96. The number of hydrogen-bond donors (Lipinski definition) is 1. The Morgan fingerprint density at radius 3 is 2.34 bits per heavy atom. The monoisotopic (exact) mass is 553 g/mol. The maximum Gasteiger partial charge on any atom is 0.269 e. The van der Waals surface area contributed by atoms with E-state index < -0.39 is 34.4 Å². The van der Waals surface area contributed by atoms with Crippen molar-refractivity contribution in [1.29, 1.82) is 0 Å². The molecule has 1 N–H and O–H groups in total. The summed E-state index contributed by atoms with van der Waals surface area (Å²) in [5.74, 6) is -1.82. The number of amides is 3. The second kappa shape index (κ2) is 11.8. The lowest BCUT2D eigenvalue weighted by molar-refractivity contribution is -0.141. The van der Waals surface area contributed by atoms with E-state index in [0.717, 1.165) is 5.56 Å². The van der Waals surface area contributed by atoms with Gasteiger partial charge in [0.2, 0.25) is 11.8 Å². The highest BCUT2D eigenvalue weighted by Crippen LogP contribution is 2.30. The third-order valence-corrected chi connectivity index (χ3v) is 8.28. The Balaban J connectivity index is 1.70. The second-order valence-corrected chi connectivity index (χ2v) is 11.2. The van der Waals surface area contributed by atoms with Crippen molar-refractivity contribution in [3.63, 3.8) is 0 Å². The molecule has 0 bridgehead atoms. The van der Waals surface area contributed by atoms with E-state index in [4.69, 9.17) is 11.6 Å². The maximum absolute atomic E-state index is 13.8. The molecule has 38 heavy (non-hydrogen) atoms. The summed E-state index contributed by atoms with van der Waals surface area (Å²) in [6, 6.07) is 21.0. The first-order valence-corrected chi connectivity index (χ1v) is 14.1. The molecule has 1 atom stereocenters. The Labute approximate surface area is 227 Å². The number of nitrogens with zero attached hydrogens (tertiary/aromatic N) is 2. The average Bonchev–Trinajstić information content (AvgIpc) is 3.10. The van der Waals surface area contributed by atoms with Crippen molar-refractivity contribution in [2.75, 3.05) is 13.1 Å². The zero-order chi connectivity index (χ0) is 27.3. The SMILES string of the molecule is CCCNC(=O)C(Cc1ccccc1)N(Cc1cccc(Cl)c1)C(=O)CN1C(=O)c2ccccc2S1(=O)=O. The summed E-state index contributed by atoms with van der Waals surface area (Å²) in [6.45, 7) is 1.59. The van der Waals surface area contributed by atoms with Crippen LogP contribution in [0.1, 0.15) is 34.8 Å². The van der Waals surface area contributed by atoms with Crippen LogP contribution >= 0.6 is 11.6 Å². The van der Waals surface area contributed by atoms with Crippen LogP contribution in [0.4, 0.5) is 0 Å². The summed E-state index contributed by atoms with van der Waals surface area (Å²) < 4.78 is 26.8. The topological polar surface area (TPSA) is 104 Å². The summed E-state index contributed by atoms with van der Waals surface area (Å²) in [5.41, 5.74) is 1.50.